The Hall–Kier alpha value is -3.65. The third kappa shape index (κ3) is 3.86. The largest absolute Gasteiger partial charge is 0.422 e. The summed E-state index contributed by atoms with van der Waals surface area (Å²) in [6.45, 7) is 5.42. The summed E-state index contributed by atoms with van der Waals surface area (Å²) in [5.74, 6) is 0.189. The summed E-state index contributed by atoms with van der Waals surface area (Å²) in [4.78, 5) is 16.0. The second-order valence-electron chi connectivity index (χ2n) is 8.29. The van der Waals surface area contributed by atoms with Gasteiger partial charge in [0.05, 0.1) is 30.3 Å². The quantitative estimate of drug-likeness (QED) is 0.309. The second-order valence-corrected chi connectivity index (χ2v) is 10.2. The molecule has 3 heterocycles. The zero-order valence-corrected chi connectivity index (χ0v) is 21.1. The van der Waals surface area contributed by atoms with E-state index in [0.717, 1.165) is 22.5 Å². The van der Waals surface area contributed by atoms with E-state index in [2.05, 4.69) is 4.98 Å². The van der Waals surface area contributed by atoms with Crippen LogP contribution in [0, 0.1) is 6.92 Å². The van der Waals surface area contributed by atoms with E-state index in [1.54, 1.807) is 18.5 Å². The molecular weight excluding hydrogens is 479 g/mol. The Labute approximate surface area is 208 Å². The Bertz CT molecular complexity index is 1510. The third-order valence-electron chi connectivity index (χ3n) is 6.08. The maximum absolute atomic E-state index is 13.7. The van der Waals surface area contributed by atoms with Crippen LogP contribution in [-0.4, -0.2) is 28.0 Å². The molecule has 1 unspecified atom stereocenters. The number of nitrogens with zero attached hydrogens (tertiary/aromatic N) is 2. The van der Waals surface area contributed by atoms with Gasteiger partial charge in [-0.05, 0) is 38.5 Å². The molecule has 10 heteroatoms. The number of aromatic amines is 1. The molecule has 4 aromatic rings. The number of hydrogen-bond donors (Lipinski definition) is 2. The maximum atomic E-state index is 13.7. The van der Waals surface area contributed by atoms with Crippen LogP contribution in [0.15, 0.2) is 65.5 Å². The lowest BCUT2D eigenvalue weighted by molar-refractivity contribution is 0.229. The van der Waals surface area contributed by atoms with Crippen molar-refractivity contribution in [3.8, 4) is 17.4 Å². The zero-order chi connectivity index (χ0) is 25.4. The van der Waals surface area contributed by atoms with Crippen LogP contribution in [0.1, 0.15) is 42.1 Å². The van der Waals surface area contributed by atoms with Gasteiger partial charge in [-0.2, -0.15) is 5.10 Å². The summed E-state index contributed by atoms with van der Waals surface area (Å²) >= 11 is 0. The van der Waals surface area contributed by atoms with Gasteiger partial charge >= 0.3 is 7.60 Å². The van der Waals surface area contributed by atoms with E-state index >= 15 is 0 Å². The van der Waals surface area contributed by atoms with E-state index in [1.165, 1.54) is 0 Å². The molecule has 0 saturated carbocycles. The molecule has 1 aliphatic heterocycles. The van der Waals surface area contributed by atoms with E-state index in [-0.39, 0.29) is 30.1 Å². The van der Waals surface area contributed by atoms with Crippen molar-refractivity contribution in [2.45, 2.75) is 26.7 Å². The average molecular weight is 506 g/mol. The Balaban J connectivity index is 1.81. The molecule has 0 spiro atoms. The van der Waals surface area contributed by atoms with Crippen LogP contribution < -0.4 is 21.3 Å². The highest BCUT2D eigenvalue weighted by Gasteiger charge is 2.42. The van der Waals surface area contributed by atoms with E-state index in [4.69, 9.17) is 24.6 Å². The molecule has 2 aromatic heterocycles. The number of aryl methyl sites for hydroxylation is 1. The Morgan fingerprint density at radius 2 is 1.64 bits per heavy atom. The van der Waals surface area contributed by atoms with Crippen molar-refractivity contribution in [3.05, 3.63) is 93.4 Å². The van der Waals surface area contributed by atoms with Crippen LogP contribution in [0.3, 0.4) is 0 Å². The number of nitrogens with one attached hydrogen (secondary N) is 1. The van der Waals surface area contributed by atoms with E-state index < -0.39 is 19.1 Å². The molecule has 0 saturated heterocycles. The predicted molar refractivity (Wildman–Crippen MR) is 138 cm³/mol. The molecule has 3 N–H and O–H groups in total. The van der Waals surface area contributed by atoms with Gasteiger partial charge in [-0.1, -0.05) is 48.5 Å². The number of nitrogen functional groups attached to an aromatic ring is 1. The number of pyridine rings is 1. The monoisotopic (exact) mass is 506 g/mol. The number of fused-ring (bicyclic) bond motifs is 2. The van der Waals surface area contributed by atoms with E-state index in [0.29, 0.717) is 11.4 Å². The molecule has 0 fully saturated rings. The molecule has 0 aliphatic carbocycles. The van der Waals surface area contributed by atoms with Crippen LogP contribution in [-0.2, 0) is 13.6 Å². The highest BCUT2D eigenvalue weighted by molar-refractivity contribution is 7.62. The molecule has 9 nitrogen and oxygen atoms in total. The second kappa shape index (κ2) is 9.43. The van der Waals surface area contributed by atoms with Gasteiger partial charge in [0.15, 0.2) is 5.30 Å². The molecule has 5 rings (SSSR count). The van der Waals surface area contributed by atoms with E-state index in [9.17, 15) is 9.36 Å². The predicted octanol–water partition coefficient (Wildman–Crippen LogP) is 4.63. The number of benzene rings is 2. The summed E-state index contributed by atoms with van der Waals surface area (Å²) in [5, 5.41) is 4.54. The van der Waals surface area contributed by atoms with Gasteiger partial charge in [-0.25, -0.2) is 4.68 Å². The number of para-hydroxylation sites is 1. The number of nitrogens with two attached hydrogens (primary N) is 1. The molecule has 0 amide bonds. The molecule has 36 heavy (non-hydrogen) atoms. The summed E-state index contributed by atoms with van der Waals surface area (Å²) in [5.41, 5.74) is 9.71. The van der Waals surface area contributed by atoms with Crippen molar-refractivity contribution in [1.82, 2.24) is 14.8 Å². The van der Waals surface area contributed by atoms with Gasteiger partial charge < -0.3 is 19.5 Å². The van der Waals surface area contributed by atoms with Crippen molar-refractivity contribution in [3.63, 3.8) is 0 Å². The summed E-state index contributed by atoms with van der Waals surface area (Å²) in [7, 11) is -4.00. The first-order chi connectivity index (χ1) is 17.4. The molecule has 0 radical (unpaired) electrons. The summed E-state index contributed by atoms with van der Waals surface area (Å²) in [6, 6.07) is 19.3. The Morgan fingerprint density at radius 3 is 2.25 bits per heavy atom. The fraction of sp³-hybridized carbons (Fsp3) is 0.231. The van der Waals surface area contributed by atoms with Gasteiger partial charge in [0.1, 0.15) is 0 Å². The number of H-pyrrole nitrogens is 1. The summed E-state index contributed by atoms with van der Waals surface area (Å²) < 4.78 is 32.6. The number of ether oxygens (including phenoxy) is 1. The van der Waals surface area contributed by atoms with Crippen molar-refractivity contribution >= 4 is 18.6 Å². The smallest absolute Gasteiger partial charge is 0.369 e. The Morgan fingerprint density at radius 1 is 1.03 bits per heavy atom. The van der Waals surface area contributed by atoms with Gasteiger partial charge in [-0.3, -0.25) is 14.3 Å². The van der Waals surface area contributed by atoms with Crippen LogP contribution in [0.25, 0.3) is 5.69 Å². The fourth-order valence-electron chi connectivity index (χ4n) is 4.66. The lowest BCUT2D eigenvalue weighted by atomic mass is 9.83. The van der Waals surface area contributed by atoms with Crippen LogP contribution in [0.2, 0.25) is 0 Å². The third-order valence-corrected chi connectivity index (χ3v) is 8.26. The van der Waals surface area contributed by atoms with Crippen LogP contribution in [0.5, 0.6) is 11.8 Å². The topological polar surface area (TPSA) is 121 Å². The van der Waals surface area contributed by atoms with Gasteiger partial charge in [0.2, 0.25) is 11.8 Å². The normalized spacial score (nSPS) is 14.7. The van der Waals surface area contributed by atoms with Crippen molar-refractivity contribution in [2.75, 3.05) is 18.9 Å². The number of anilines is 1. The van der Waals surface area contributed by atoms with Gasteiger partial charge in [0, 0.05) is 17.0 Å². The highest BCUT2D eigenvalue weighted by Crippen LogP contribution is 2.53. The van der Waals surface area contributed by atoms with Gasteiger partial charge in [-0.15, -0.1) is 0 Å². The SMILES string of the molecule is CCOP(=O)(OCC)c1c(N)c2c([nH]c1=O)Oc1c(c(C)nn1-c1ccccc1)C2c1ccccc1. The fourth-order valence-corrected chi connectivity index (χ4v) is 6.39. The molecule has 186 valence electrons. The number of hydrogen-bond acceptors (Lipinski definition) is 7. The maximum Gasteiger partial charge on any atom is 0.369 e. The zero-order valence-electron chi connectivity index (χ0n) is 20.2. The lowest BCUT2D eigenvalue weighted by Crippen LogP contribution is -2.35. The standard InChI is InChI=1S/C26H27N4O5P/c1-4-33-36(32,34-5-2)23-22(27)21-20(17-12-8-6-9-13-17)19-16(3)29-30(18-14-10-7-11-15-18)26(19)35-25(21)28-24(23)31/h6-15,20H,4-5H2,1-3H3,(H3,27,28,31). The van der Waals surface area contributed by atoms with Crippen molar-refractivity contribution < 1.29 is 18.3 Å². The van der Waals surface area contributed by atoms with Crippen molar-refractivity contribution in [2.24, 2.45) is 0 Å². The average Bonchev–Trinajstić information content (AvgIpc) is 3.20. The number of aromatic nitrogens is 3. The van der Waals surface area contributed by atoms with Crippen molar-refractivity contribution in [1.29, 1.82) is 0 Å². The first-order valence-corrected chi connectivity index (χ1v) is 13.3. The molecule has 0 bridgehead atoms. The summed E-state index contributed by atoms with van der Waals surface area (Å²) in [6.07, 6.45) is 0. The molecule has 2 aromatic carbocycles. The lowest BCUT2D eigenvalue weighted by Gasteiger charge is -2.29. The minimum Gasteiger partial charge on any atom is -0.422 e. The van der Waals surface area contributed by atoms with Crippen LogP contribution in [0.4, 0.5) is 5.69 Å². The minimum atomic E-state index is -4.00. The number of rotatable bonds is 7. The Kier molecular flexibility index (Phi) is 6.30. The van der Waals surface area contributed by atoms with Crippen LogP contribution >= 0.6 is 7.60 Å². The molecular formula is C26H27N4O5P. The highest BCUT2D eigenvalue weighted by atomic mass is 31.2. The first kappa shape index (κ1) is 24.1. The molecule has 1 aliphatic rings. The molecule has 1 atom stereocenters. The van der Waals surface area contributed by atoms with E-state index in [1.807, 2.05) is 67.6 Å². The first-order valence-electron chi connectivity index (χ1n) is 11.7. The minimum absolute atomic E-state index is 0.0188. The van der Waals surface area contributed by atoms with Gasteiger partial charge in [0.25, 0.3) is 5.56 Å².